The average molecular weight is 259 g/mol. The quantitative estimate of drug-likeness (QED) is 0.818. The molecule has 1 rings (SSSR count). The molecule has 0 spiro atoms. The van der Waals surface area contributed by atoms with Crippen LogP contribution in [0.1, 0.15) is 5.69 Å². The van der Waals surface area contributed by atoms with Crippen LogP contribution in [0.3, 0.4) is 0 Å². The van der Waals surface area contributed by atoms with E-state index in [1.54, 1.807) is 6.20 Å². The molecule has 76 valence electrons. The zero-order valence-corrected chi connectivity index (χ0v) is 9.32. The summed E-state index contributed by atoms with van der Waals surface area (Å²) < 4.78 is 5.40. The Morgan fingerprint density at radius 3 is 2.93 bits per heavy atom. The van der Waals surface area contributed by atoms with Crippen molar-refractivity contribution in [2.75, 3.05) is 7.11 Å². The first-order chi connectivity index (χ1) is 6.63. The van der Waals surface area contributed by atoms with Crippen molar-refractivity contribution in [3.05, 3.63) is 28.5 Å². The number of ether oxygens (including phenoxy) is 1. The molecular weight excluding hydrogens is 248 g/mol. The highest BCUT2D eigenvalue weighted by molar-refractivity contribution is 9.10. The standard InChI is InChI=1S/C9H11BrN2O2/c1-14-9(13)8(11)4-7-3-2-6(10)5-12-7/h2-3,5,8H,4,11H2,1H3. The molecule has 2 N–H and O–H groups in total. The highest BCUT2D eigenvalue weighted by atomic mass is 79.9. The SMILES string of the molecule is COC(=O)C(N)Cc1ccc(Br)cn1. The molecule has 0 fully saturated rings. The smallest absolute Gasteiger partial charge is 0.323 e. The lowest BCUT2D eigenvalue weighted by Gasteiger charge is -2.07. The van der Waals surface area contributed by atoms with E-state index >= 15 is 0 Å². The lowest BCUT2D eigenvalue weighted by Crippen LogP contribution is -2.33. The van der Waals surface area contributed by atoms with E-state index in [-0.39, 0.29) is 0 Å². The molecule has 1 atom stereocenters. The largest absolute Gasteiger partial charge is 0.468 e. The first-order valence-corrected chi connectivity index (χ1v) is 4.86. The third kappa shape index (κ3) is 3.08. The summed E-state index contributed by atoms with van der Waals surface area (Å²) in [6, 6.07) is 3.02. The van der Waals surface area contributed by atoms with Gasteiger partial charge in [0.05, 0.1) is 7.11 Å². The van der Waals surface area contributed by atoms with Gasteiger partial charge in [0.1, 0.15) is 6.04 Å². The van der Waals surface area contributed by atoms with E-state index in [4.69, 9.17) is 5.73 Å². The fourth-order valence-corrected chi connectivity index (χ4v) is 1.22. The number of hydrogen-bond donors (Lipinski definition) is 1. The molecule has 1 heterocycles. The van der Waals surface area contributed by atoms with Crippen molar-refractivity contribution in [3.63, 3.8) is 0 Å². The number of nitrogens with zero attached hydrogens (tertiary/aromatic N) is 1. The Morgan fingerprint density at radius 2 is 2.43 bits per heavy atom. The topological polar surface area (TPSA) is 65.2 Å². The number of nitrogens with two attached hydrogens (primary N) is 1. The minimum atomic E-state index is -0.645. The minimum Gasteiger partial charge on any atom is -0.468 e. The first-order valence-electron chi connectivity index (χ1n) is 4.07. The fourth-order valence-electron chi connectivity index (χ4n) is 0.987. The number of methoxy groups -OCH3 is 1. The molecule has 0 bridgehead atoms. The summed E-state index contributed by atoms with van der Waals surface area (Å²) in [6.07, 6.45) is 2.05. The summed E-state index contributed by atoms with van der Waals surface area (Å²) >= 11 is 3.27. The van der Waals surface area contributed by atoms with Crippen molar-refractivity contribution >= 4 is 21.9 Å². The maximum absolute atomic E-state index is 11.0. The van der Waals surface area contributed by atoms with Gasteiger partial charge in [-0.1, -0.05) is 0 Å². The van der Waals surface area contributed by atoms with Crippen LogP contribution < -0.4 is 5.73 Å². The molecule has 0 aliphatic heterocycles. The van der Waals surface area contributed by atoms with Crippen LogP contribution in [0.25, 0.3) is 0 Å². The second-order valence-electron chi connectivity index (χ2n) is 2.80. The molecule has 0 aliphatic rings. The third-order valence-electron chi connectivity index (χ3n) is 1.72. The molecule has 1 aromatic heterocycles. The fraction of sp³-hybridized carbons (Fsp3) is 0.333. The second-order valence-corrected chi connectivity index (χ2v) is 3.72. The van der Waals surface area contributed by atoms with Crippen LogP contribution in [0.15, 0.2) is 22.8 Å². The number of halogens is 1. The van der Waals surface area contributed by atoms with Crippen LogP contribution in [-0.4, -0.2) is 24.1 Å². The number of carbonyl (C=O) groups is 1. The van der Waals surface area contributed by atoms with Gasteiger partial charge in [-0.3, -0.25) is 9.78 Å². The Bertz CT molecular complexity index is 313. The van der Waals surface area contributed by atoms with Crippen molar-refractivity contribution in [3.8, 4) is 0 Å². The van der Waals surface area contributed by atoms with Gasteiger partial charge in [-0.2, -0.15) is 0 Å². The van der Waals surface area contributed by atoms with E-state index in [0.29, 0.717) is 6.42 Å². The number of carbonyl (C=O) groups excluding carboxylic acids is 1. The summed E-state index contributed by atoms with van der Waals surface area (Å²) in [5.41, 5.74) is 6.34. The van der Waals surface area contributed by atoms with Crippen LogP contribution in [0.2, 0.25) is 0 Å². The van der Waals surface area contributed by atoms with Crippen molar-refractivity contribution in [2.45, 2.75) is 12.5 Å². The Balaban J connectivity index is 2.60. The molecular formula is C9H11BrN2O2. The van der Waals surface area contributed by atoms with E-state index in [9.17, 15) is 4.79 Å². The molecule has 0 aromatic carbocycles. The van der Waals surface area contributed by atoms with Gasteiger partial charge in [-0.15, -0.1) is 0 Å². The molecule has 1 unspecified atom stereocenters. The van der Waals surface area contributed by atoms with Crippen LogP contribution in [0.5, 0.6) is 0 Å². The van der Waals surface area contributed by atoms with Crippen LogP contribution in [-0.2, 0) is 16.0 Å². The van der Waals surface area contributed by atoms with E-state index < -0.39 is 12.0 Å². The van der Waals surface area contributed by atoms with E-state index in [1.165, 1.54) is 7.11 Å². The molecule has 1 aromatic rings. The zero-order valence-electron chi connectivity index (χ0n) is 7.74. The molecule has 0 amide bonds. The maximum Gasteiger partial charge on any atom is 0.323 e. The number of esters is 1. The van der Waals surface area contributed by atoms with E-state index in [1.807, 2.05) is 12.1 Å². The van der Waals surface area contributed by atoms with Crippen molar-refractivity contribution in [1.29, 1.82) is 0 Å². The number of hydrogen-bond acceptors (Lipinski definition) is 4. The summed E-state index contributed by atoms with van der Waals surface area (Å²) in [5, 5.41) is 0. The van der Waals surface area contributed by atoms with Gasteiger partial charge in [0.2, 0.25) is 0 Å². The zero-order chi connectivity index (χ0) is 10.6. The summed E-state index contributed by atoms with van der Waals surface area (Å²) in [7, 11) is 1.32. The van der Waals surface area contributed by atoms with Crippen LogP contribution >= 0.6 is 15.9 Å². The Labute approximate surface area is 90.6 Å². The van der Waals surface area contributed by atoms with Gasteiger partial charge in [0.25, 0.3) is 0 Å². The van der Waals surface area contributed by atoms with E-state index in [0.717, 1.165) is 10.2 Å². The van der Waals surface area contributed by atoms with Gasteiger partial charge < -0.3 is 10.5 Å². The predicted octanol–water partition coefficient (Wildman–Crippen LogP) is 0.887. The summed E-state index contributed by atoms with van der Waals surface area (Å²) in [5.74, 6) is -0.422. The number of pyridine rings is 1. The predicted molar refractivity (Wildman–Crippen MR) is 55.6 cm³/mol. The van der Waals surface area contributed by atoms with Gasteiger partial charge in [-0.05, 0) is 28.1 Å². The average Bonchev–Trinajstić information content (AvgIpc) is 2.20. The molecule has 0 saturated carbocycles. The first kappa shape index (κ1) is 11.1. The second kappa shape index (κ2) is 5.07. The van der Waals surface area contributed by atoms with Gasteiger partial charge in [0, 0.05) is 22.8 Å². The monoisotopic (exact) mass is 258 g/mol. The van der Waals surface area contributed by atoms with Crippen LogP contribution in [0, 0.1) is 0 Å². The highest BCUT2D eigenvalue weighted by Gasteiger charge is 2.14. The number of aromatic nitrogens is 1. The Morgan fingerprint density at radius 1 is 1.71 bits per heavy atom. The molecule has 0 saturated heterocycles. The lowest BCUT2D eigenvalue weighted by atomic mass is 10.1. The Hall–Kier alpha value is -0.940. The highest BCUT2D eigenvalue weighted by Crippen LogP contribution is 2.08. The Kier molecular flexibility index (Phi) is 4.03. The lowest BCUT2D eigenvalue weighted by molar-refractivity contribution is -0.142. The normalized spacial score (nSPS) is 12.2. The van der Waals surface area contributed by atoms with Crippen LogP contribution in [0.4, 0.5) is 0 Å². The van der Waals surface area contributed by atoms with Crippen molar-refractivity contribution in [2.24, 2.45) is 5.73 Å². The van der Waals surface area contributed by atoms with E-state index in [2.05, 4.69) is 25.7 Å². The summed E-state index contributed by atoms with van der Waals surface area (Å²) in [6.45, 7) is 0. The third-order valence-corrected chi connectivity index (χ3v) is 2.19. The van der Waals surface area contributed by atoms with Gasteiger partial charge in [-0.25, -0.2) is 0 Å². The maximum atomic E-state index is 11.0. The minimum absolute atomic E-state index is 0.389. The number of rotatable bonds is 3. The van der Waals surface area contributed by atoms with Crippen molar-refractivity contribution in [1.82, 2.24) is 4.98 Å². The molecule has 5 heteroatoms. The van der Waals surface area contributed by atoms with Gasteiger partial charge in [0.15, 0.2) is 0 Å². The molecule has 0 aliphatic carbocycles. The van der Waals surface area contributed by atoms with Gasteiger partial charge >= 0.3 is 5.97 Å². The molecule has 0 radical (unpaired) electrons. The molecule has 14 heavy (non-hydrogen) atoms. The summed E-state index contributed by atoms with van der Waals surface area (Å²) in [4.78, 5) is 15.1. The molecule has 4 nitrogen and oxygen atoms in total. The van der Waals surface area contributed by atoms with Crippen molar-refractivity contribution < 1.29 is 9.53 Å².